The first kappa shape index (κ1) is 12.9. The molecule has 2 atom stereocenters. The van der Waals surface area contributed by atoms with Crippen molar-refractivity contribution in [1.29, 1.82) is 0 Å². The molecule has 0 radical (unpaired) electrons. The molecule has 1 aliphatic heterocycles. The van der Waals surface area contributed by atoms with Crippen LogP contribution < -0.4 is 0 Å². The summed E-state index contributed by atoms with van der Waals surface area (Å²) in [6, 6.07) is 0.518. The summed E-state index contributed by atoms with van der Waals surface area (Å²) in [5.74, 6) is 0. The summed E-state index contributed by atoms with van der Waals surface area (Å²) < 4.78 is 11.3. The van der Waals surface area contributed by atoms with Crippen LogP contribution in [0, 0.1) is 0 Å². The van der Waals surface area contributed by atoms with Gasteiger partial charge in [-0.15, -0.1) is 0 Å². The van der Waals surface area contributed by atoms with Gasteiger partial charge in [-0.2, -0.15) is 0 Å². The van der Waals surface area contributed by atoms with E-state index in [2.05, 4.69) is 32.7 Å². The Morgan fingerprint density at radius 2 is 2.07 bits per heavy atom. The van der Waals surface area contributed by atoms with Crippen LogP contribution in [0.5, 0.6) is 0 Å². The molecule has 90 valence electrons. The van der Waals surface area contributed by atoms with E-state index < -0.39 is 0 Å². The zero-order chi connectivity index (χ0) is 11.5. The molecule has 1 fully saturated rings. The van der Waals surface area contributed by atoms with Gasteiger partial charge >= 0.3 is 0 Å². The van der Waals surface area contributed by atoms with Gasteiger partial charge in [0, 0.05) is 13.2 Å². The molecule has 0 amide bonds. The van der Waals surface area contributed by atoms with Gasteiger partial charge in [0.15, 0.2) is 0 Å². The maximum absolute atomic E-state index is 6.07. The lowest BCUT2D eigenvalue weighted by atomic mass is 10.1. The van der Waals surface area contributed by atoms with E-state index in [0.717, 1.165) is 0 Å². The summed E-state index contributed by atoms with van der Waals surface area (Å²) in [6.45, 7) is 8.17. The number of hydrogen-bond acceptors (Lipinski definition) is 3. The molecule has 0 bridgehead atoms. The molecule has 1 heterocycles. The van der Waals surface area contributed by atoms with Gasteiger partial charge in [-0.05, 0) is 47.2 Å². The van der Waals surface area contributed by atoms with Crippen LogP contribution in [0.25, 0.3) is 0 Å². The molecule has 0 spiro atoms. The number of nitrogens with zero attached hydrogens (tertiary/aromatic N) is 1. The van der Waals surface area contributed by atoms with Gasteiger partial charge in [0.05, 0.1) is 18.3 Å². The van der Waals surface area contributed by atoms with Crippen molar-refractivity contribution < 1.29 is 9.47 Å². The second-order valence-electron chi connectivity index (χ2n) is 5.41. The van der Waals surface area contributed by atoms with Gasteiger partial charge in [-0.1, -0.05) is 0 Å². The van der Waals surface area contributed by atoms with E-state index >= 15 is 0 Å². The minimum Gasteiger partial charge on any atom is -0.382 e. The molecule has 0 N–H and O–H groups in total. The smallest absolute Gasteiger partial charge is 0.0969 e. The average Bonchev–Trinajstić information content (AvgIpc) is 2.48. The summed E-state index contributed by atoms with van der Waals surface area (Å²) in [5.41, 5.74) is -0.0906. The lowest BCUT2D eigenvalue weighted by Gasteiger charge is -2.34. The Bertz CT molecular complexity index is 189. The third-order valence-corrected chi connectivity index (χ3v) is 2.84. The summed E-state index contributed by atoms with van der Waals surface area (Å²) in [4.78, 5) is 2.38. The lowest BCUT2D eigenvalue weighted by Crippen LogP contribution is -2.44. The fraction of sp³-hybridized carbons (Fsp3) is 1.00. The Balaban J connectivity index is 2.56. The third kappa shape index (κ3) is 4.09. The summed E-state index contributed by atoms with van der Waals surface area (Å²) in [6.07, 6.45) is 2.69. The zero-order valence-electron chi connectivity index (χ0n) is 10.7. The van der Waals surface area contributed by atoms with Crippen LogP contribution in [0.2, 0.25) is 0 Å². The highest BCUT2D eigenvalue weighted by Crippen LogP contribution is 2.23. The second kappa shape index (κ2) is 5.28. The number of rotatable bonds is 4. The molecule has 0 aromatic heterocycles. The Labute approximate surface area is 93.7 Å². The van der Waals surface area contributed by atoms with Crippen LogP contribution >= 0.6 is 0 Å². The van der Waals surface area contributed by atoms with E-state index in [1.165, 1.54) is 19.4 Å². The third-order valence-electron chi connectivity index (χ3n) is 2.84. The fourth-order valence-corrected chi connectivity index (χ4v) is 2.25. The molecular formula is C12H25NO2. The maximum atomic E-state index is 6.07. The summed E-state index contributed by atoms with van der Waals surface area (Å²) in [7, 11) is 3.92. The van der Waals surface area contributed by atoms with E-state index in [-0.39, 0.29) is 11.7 Å². The highest BCUT2D eigenvalue weighted by atomic mass is 16.5. The SMILES string of the molecule is COC[C@H](OC(C)(C)C)[C@@H]1CCCN1C. The summed E-state index contributed by atoms with van der Waals surface area (Å²) in [5, 5.41) is 0. The normalized spacial score (nSPS) is 25.8. The molecule has 0 saturated carbocycles. The highest BCUT2D eigenvalue weighted by molar-refractivity contribution is 4.85. The molecule has 1 rings (SSSR count). The van der Waals surface area contributed by atoms with E-state index in [4.69, 9.17) is 9.47 Å². The van der Waals surface area contributed by atoms with Gasteiger partial charge in [0.25, 0.3) is 0 Å². The first-order chi connectivity index (χ1) is 6.94. The van der Waals surface area contributed by atoms with Gasteiger partial charge in [-0.25, -0.2) is 0 Å². The molecule has 0 aromatic carbocycles. The molecule has 1 saturated heterocycles. The van der Waals surface area contributed by atoms with Crippen molar-refractivity contribution in [3.8, 4) is 0 Å². The van der Waals surface area contributed by atoms with Gasteiger partial charge in [0.1, 0.15) is 0 Å². The topological polar surface area (TPSA) is 21.7 Å². The van der Waals surface area contributed by atoms with E-state index in [1.54, 1.807) is 7.11 Å². The quantitative estimate of drug-likeness (QED) is 0.715. The van der Waals surface area contributed by atoms with Crippen molar-refractivity contribution in [2.45, 2.75) is 51.4 Å². The van der Waals surface area contributed by atoms with Crippen molar-refractivity contribution >= 4 is 0 Å². The highest BCUT2D eigenvalue weighted by Gasteiger charge is 2.32. The first-order valence-electron chi connectivity index (χ1n) is 5.81. The van der Waals surface area contributed by atoms with Crippen LogP contribution in [-0.4, -0.2) is 50.0 Å². The van der Waals surface area contributed by atoms with E-state index in [0.29, 0.717) is 12.6 Å². The van der Waals surface area contributed by atoms with Crippen molar-refractivity contribution in [2.75, 3.05) is 27.3 Å². The maximum Gasteiger partial charge on any atom is 0.0969 e. The van der Waals surface area contributed by atoms with E-state index in [9.17, 15) is 0 Å². The number of likely N-dealkylation sites (N-methyl/N-ethyl adjacent to an activating group) is 1. The van der Waals surface area contributed by atoms with Gasteiger partial charge < -0.3 is 14.4 Å². The molecule has 3 nitrogen and oxygen atoms in total. The fourth-order valence-electron chi connectivity index (χ4n) is 2.25. The van der Waals surface area contributed by atoms with Gasteiger partial charge in [-0.3, -0.25) is 0 Å². The van der Waals surface area contributed by atoms with Crippen molar-refractivity contribution in [1.82, 2.24) is 4.90 Å². The largest absolute Gasteiger partial charge is 0.382 e. The Hall–Kier alpha value is -0.120. The van der Waals surface area contributed by atoms with Crippen LogP contribution in [0.3, 0.4) is 0 Å². The molecule has 15 heavy (non-hydrogen) atoms. The zero-order valence-corrected chi connectivity index (χ0v) is 10.7. The molecule has 0 aliphatic carbocycles. The standard InChI is InChI=1S/C12H25NO2/c1-12(2,3)15-11(9-14-5)10-7-6-8-13(10)4/h10-11H,6-9H2,1-5H3/t10-,11-/m0/s1. The minimum atomic E-state index is -0.0906. The molecule has 0 aromatic rings. The molecule has 3 heteroatoms. The van der Waals surface area contributed by atoms with Gasteiger partial charge in [0.2, 0.25) is 0 Å². The van der Waals surface area contributed by atoms with Crippen molar-refractivity contribution in [2.24, 2.45) is 0 Å². The predicted octanol–water partition coefficient (Wildman–Crippen LogP) is 1.91. The monoisotopic (exact) mass is 215 g/mol. The van der Waals surface area contributed by atoms with E-state index in [1.807, 2.05) is 0 Å². The lowest BCUT2D eigenvalue weighted by molar-refractivity contribution is -0.111. The van der Waals surface area contributed by atoms with Crippen LogP contribution in [-0.2, 0) is 9.47 Å². The van der Waals surface area contributed by atoms with Crippen LogP contribution in [0.1, 0.15) is 33.6 Å². The van der Waals surface area contributed by atoms with Crippen LogP contribution in [0.4, 0.5) is 0 Å². The Morgan fingerprint density at radius 1 is 1.40 bits per heavy atom. The minimum absolute atomic E-state index is 0.0906. The van der Waals surface area contributed by atoms with Crippen LogP contribution in [0.15, 0.2) is 0 Å². The average molecular weight is 215 g/mol. The predicted molar refractivity (Wildman–Crippen MR) is 62.2 cm³/mol. The molecule has 1 aliphatic rings. The molecular weight excluding hydrogens is 190 g/mol. The number of likely N-dealkylation sites (tertiary alicyclic amines) is 1. The summed E-state index contributed by atoms with van der Waals surface area (Å²) >= 11 is 0. The second-order valence-corrected chi connectivity index (χ2v) is 5.41. The van der Waals surface area contributed by atoms with Crippen molar-refractivity contribution in [3.63, 3.8) is 0 Å². The number of methoxy groups -OCH3 is 1. The number of hydrogen-bond donors (Lipinski definition) is 0. The Morgan fingerprint density at radius 3 is 2.47 bits per heavy atom. The first-order valence-corrected chi connectivity index (χ1v) is 5.81. The van der Waals surface area contributed by atoms with Crippen molar-refractivity contribution in [3.05, 3.63) is 0 Å². The number of ether oxygens (including phenoxy) is 2. The Kier molecular flexibility index (Phi) is 4.56. The molecule has 0 unspecified atom stereocenters.